The summed E-state index contributed by atoms with van der Waals surface area (Å²) in [6.07, 6.45) is 0. The van der Waals surface area contributed by atoms with Crippen molar-refractivity contribution in [2.75, 3.05) is 17.6 Å². The summed E-state index contributed by atoms with van der Waals surface area (Å²) in [4.78, 5) is 0. The Morgan fingerprint density at radius 3 is 2.68 bits per heavy atom. The van der Waals surface area contributed by atoms with Gasteiger partial charge in [-0.3, -0.25) is 0 Å². The number of hydrogen-bond donors (Lipinski definition) is 2. The van der Waals surface area contributed by atoms with Crippen molar-refractivity contribution >= 4 is 50.7 Å². The van der Waals surface area contributed by atoms with Crippen LogP contribution in [-0.4, -0.2) is 22.2 Å². The lowest BCUT2D eigenvalue weighted by Crippen LogP contribution is -2.31. The zero-order valence-corrected chi connectivity index (χ0v) is 14.4. The third-order valence-electron chi connectivity index (χ3n) is 2.10. The van der Waals surface area contributed by atoms with Crippen LogP contribution in [0.2, 0.25) is 0 Å². The molecule has 0 aliphatic rings. The van der Waals surface area contributed by atoms with Crippen LogP contribution in [0.5, 0.6) is 0 Å². The third-order valence-corrected chi connectivity index (χ3v) is 4.12. The van der Waals surface area contributed by atoms with E-state index >= 15 is 0 Å². The Balaban J connectivity index is 2.35. The summed E-state index contributed by atoms with van der Waals surface area (Å²) in [5.41, 5.74) is 0.379. The minimum absolute atomic E-state index is 0.245. The Morgan fingerprint density at radius 2 is 2.11 bits per heavy atom. The smallest absolute Gasteiger partial charge is 0.170 e. The van der Waals surface area contributed by atoms with Crippen LogP contribution >= 0.6 is 39.9 Å². The molecular weight excluding hydrogens is 347 g/mol. The van der Waals surface area contributed by atoms with E-state index in [4.69, 9.17) is 12.2 Å². The summed E-state index contributed by atoms with van der Waals surface area (Å²) in [5, 5.41) is 6.36. The highest BCUT2D eigenvalue weighted by Gasteiger charge is 2.10. The monoisotopic (exact) mass is 364 g/mol. The van der Waals surface area contributed by atoms with E-state index < -0.39 is 0 Å². The molecule has 0 heterocycles. The number of thioether (sulfide) groups is 1. The number of thiocarbonyl (C=S) groups is 1. The molecule has 0 spiro atoms. The largest absolute Gasteiger partial charge is 0.362 e. The van der Waals surface area contributed by atoms with Gasteiger partial charge in [-0.1, -0.05) is 36.7 Å². The molecule has 0 aliphatic heterocycles. The molecule has 19 heavy (non-hydrogen) atoms. The first-order valence-electron chi connectivity index (χ1n) is 5.92. The number of hydrogen-bond acceptors (Lipinski definition) is 2. The van der Waals surface area contributed by atoms with Gasteiger partial charge in [0.25, 0.3) is 0 Å². The van der Waals surface area contributed by atoms with Gasteiger partial charge in [-0.25, -0.2) is 4.39 Å². The fraction of sp³-hybridized carbons (Fsp3) is 0.462. The van der Waals surface area contributed by atoms with Gasteiger partial charge in [-0.2, -0.15) is 11.8 Å². The first kappa shape index (κ1) is 16.7. The lowest BCUT2D eigenvalue weighted by molar-refractivity contribution is 0.631. The van der Waals surface area contributed by atoms with E-state index in [0.29, 0.717) is 15.3 Å². The zero-order chi connectivity index (χ0) is 14.5. The van der Waals surface area contributed by atoms with Gasteiger partial charge in [0.1, 0.15) is 5.82 Å². The van der Waals surface area contributed by atoms with E-state index in [9.17, 15) is 4.39 Å². The van der Waals surface area contributed by atoms with Crippen LogP contribution in [0.25, 0.3) is 0 Å². The second kappa shape index (κ2) is 7.45. The van der Waals surface area contributed by atoms with E-state index in [1.54, 1.807) is 12.1 Å². The molecule has 6 heteroatoms. The van der Waals surface area contributed by atoms with Crippen molar-refractivity contribution in [2.45, 2.75) is 25.5 Å². The van der Waals surface area contributed by atoms with Crippen LogP contribution < -0.4 is 10.6 Å². The summed E-state index contributed by atoms with van der Waals surface area (Å²) in [6, 6.07) is 4.82. The maximum atomic E-state index is 13.6. The Bertz CT molecular complexity index is 447. The van der Waals surface area contributed by atoms with E-state index in [2.05, 4.69) is 47.3 Å². The number of halogens is 2. The quantitative estimate of drug-likeness (QED) is 0.610. The molecule has 1 aromatic carbocycles. The summed E-state index contributed by atoms with van der Waals surface area (Å²) in [6.45, 7) is 7.27. The number of anilines is 1. The average Bonchev–Trinajstić information content (AvgIpc) is 2.27. The Morgan fingerprint density at radius 1 is 1.42 bits per heavy atom. The SMILES string of the molecule is CC(C)(C)SCCNC(=S)Nc1ccc(Br)cc1F. The maximum Gasteiger partial charge on any atom is 0.170 e. The van der Waals surface area contributed by atoms with Gasteiger partial charge in [-0.15, -0.1) is 0 Å². The van der Waals surface area contributed by atoms with Crippen LogP contribution in [0.15, 0.2) is 22.7 Å². The van der Waals surface area contributed by atoms with E-state index in [-0.39, 0.29) is 10.6 Å². The van der Waals surface area contributed by atoms with Crippen LogP contribution in [0.1, 0.15) is 20.8 Å². The normalized spacial score (nSPS) is 11.2. The van der Waals surface area contributed by atoms with Gasteiger partial charge < -0.3 is 10.6 Å². The molecule has 0 unspecified atom stereocenters. The summed E-state index contributed by atoms with van der Waals surface area (Å²) in [7, 11) is 0. The molecule has 0 amide bonds. The van der Waals surface area contributed by atoms with Crippen LogP contribution in [0.4, 0.5) is 10.1 Å². The number of benzene rings is 1. The van der Waals surface area contributed by atoms with Gasteiger partial charge in [-0.05, 0) is 30.4 Å². The Hall–Kier alpha value is -0.330. The molecule has 2 nitrogen and oxygen atoms in total. The van der Waals surface area contributed by atoms with E-state index in [0.717, 1.165) is 12.3 Å². The van der Waals surface area contributed by atoms with Crippen LogP contribution in [0, 0.1) is 5.82 Å². The van der Waals surface area contributed by atoms with Crippen LogP contribution in [-0.2, 0) is 0 Å². The van der Waals surface area contributed by atoms with Crippen molar-refractivity contribution < 1.29 is 4.39 Å². The van der Waals surface area contributed by atoms with Gasteiger partial charge >= 0.3 is 0 Å². The number of rotatable bonds is 4. The molecule has 0 aromatic heterocycles. The highest BCUT2D eigenvalue weighted by molar-refractivity contribution is 9.10. The minimum atomic E-state index is -0.331. The fourth-order valence-electron chi connectivity index (χ4n) is 1.28. The zero-order valence-electron chi connectivity index (χ0n) is 11.2. The molecule has 0 saturated carbocycles. The average molecular weight is 365 g/mol. The van der Waals surface area contributed by atoms with Crippen molar-refractivity contribution in [3.8, 4) is 0 Å². The van der Waals surface area contributed by atoms with Gasteiger partial charge in [0, 0.05) is 21.5 Å². The van der Waals surface area contributed by atoms with Gasteiger partial charge in [0.05, 0.1) is 5.69 Å². The van der Waals surface area contributed by atoms with Gasteiger partial charge in [0.2, 0.25) is 0 Å². The molecule has 1 aromatic rings. The Kier molecular flexibility index (Phi) is 6.56. The van der Waals surface area contributed by atoms with Crippen molar-refractivity contribution in [1.82, 2.24) is 5.32 Å². The molecule has 0 atom stereocenters. The summed E-state index contributed by atoms with van der Waals surface area (Å²) < 4.78 is 14.5. The van der Waals surface area contributed by atoms with E-state index in [1.807, 2.05) is 11.8 Å². The predicted molar refractivity (Wildman–Crippen MR) is 90.5 cm³/mol. The minimum Gasteiger partial charge on any atom is -0.362 e. The lowest BCUT2D eigenvalue weighted by Gasteiger charge is -2.18. The molecule has 0 bridgehead atoms. The van der Waals surface area contributed by atoms with Crippen molar-refractivity contribution in [2.24, 2.45) is 0 Å². The molecule has 0 fully saturated rings. The first-order valence-corrected chi connectivity index (χ1v) is 8.10. The molecule has 106 valence electrons. The molecule has 2 N–H and O–H groups in total. The second-order valence-electron chi connectivity index (χ2n) is 4.97. The summed E-state index contributed by atoms with van der Waals surface area (Å²) >= 11 is 10.2. The van der Waals surface area contributed by atoms with Crippen LogP contribution in [0.3, 0.4) is 0 Å². The topological polar surface area (TPSA) is 24.1 Å². The Labute approximate surface area is 132 Å². The molecule has 0 saturated heterocycles. The first-order chi connectivity index (χ1) is 8.78. The standard InChI is InChI=1S/C13H18BrFN2S2/c1-13(2,3)19-7-6-16-12(18)17-11-5-4-9(14)8-10(11)15/h4-5,8H,6-7H2,1-3H3,(H2,16,17,18). The van der Waals surface area contributed by atoms with Crippen molar-refractivity contribution in [3.05, 3.63) is 28.5 Å². The molecule has 0 radical (unpaired) electrons. The summed E-state index contributed by atoms with van der Waals surface area (Å²) in [5.74, 6) is 0.622. The van der Waals surface area contributed by atoms with E-state index in [1.165, 1.54) is 6.07 Å². The highest BCUT2D eigenvalue weighted by Crippen LogP contribution is 2.22. The van der Waals surface area contributed by atoms with Crippen molar-refractivity contribution in [1.29, 1.82) is 0 Å². The molecular formula is C13H18BrFN2S2. The molecule has 1 rings (SSSR count). The maximum absolute atomic E-state index is 13.6. The predicted octanol–water partition coefficient (Wildman–Crippen LogP) is 4.41. The third kappa shape index (κ3) is 7.13. The molecule has 0 aliphatic carbocycles. The number of nitrogens with one attached hydrogen (secondary N) is 2. The second-order valence-corrected chi connectivity index (χ2v) is 8.21. The fourth-order valence-corrected chi connectivity index (χ4v) is 2.64. The highest BCUT2D eigenvalue weighted by atomic mass is 79.9. The lowest BCUT2D eigenvalue weighted by atomic mass is 10.3. The van der Waals surface area contributed by atoms with Crippen molar-refractivity contribution in [3.63, 3.8) is 0 Å². The van der Waals surface area contributed by atoms with Gasteiger partial charge in [0.15, 0.2) is 5.11 Å².